The minimum Gasteiger partial charge on any atom is -0.444 e. The SMILES string of the molecule is CC(C)(C)OC(=O)NCc1nc(-c2ccc(Br)cc2)no1. The van der Waals surface area contributed by atoms with Crippen LogP contribution in [0, 0.1) is 0 Å². The van der Waals surface area contributed by atoms with Gasteiger partial charge < -0.3 is 14.6 Å². The number of carbonyl (C=O) groups excluding carboxylic acids is 1. The molecule has 112 valence electrons. The summed E-state index contributed by atoms with van der Waals surface area (Å²) in [6.07, 6.45) is -0.522. The van der Waals surface area contributed by atoms with Crippen molar-refractivity contribution >= 4 is 22.0 Å². The third-order valence-electron chi connectivity index (χ3n) is 2.35. The van der Waals surface area contributed by atoms with Crippen LogP contribution in [0.3, 0.4) is 0 Å². The summed E-state index contributed by atoms with van der Waals surface area (Å²) < 4.78 is 11.2. The molecule has 1 amide bonds. The average Bonchev–Trinajstić information content (AvgIpc) is 2.84. The Kier molecular flexibility index (Phi) is 4.62. The fourth-order valence-electron chi connectivity index (χ4n) is 1.50. The summed E-state index contributed by atoms with van der Waals surface area (Å²) in [6, 6.07) is 7.54. The van der Waals surface area contributed by atoms with Crippen molar-refractivity contribution in [1.29, 1.82) is 0 Å². The first-order valence-corrected chi connectivity index (χ1v) is 7.18. The van der Waals surface area contributed by atoms with E-state index in [2.05, 4.69) is 31.4 Å². The van der Waals surface area contributed by atoms with Crippen molar-refractivity contribution in [3.63, 3.8) is 0 Å². The van der Waals surface area contributed by atoms with Gasteiger partial charge in [-0.3, -0.25) is 0 Å². The van der Waals surface area contributed by atoms with Crippen LogP contribution < -0.4 is 5.32 Å². The van der Waals surface area contributed by atoms with E-state index in [9.17, 15) is 4.79 Å². The average molecular weight is 354 g/mol. The highest BCUT2D eigenvalue weighted by atomic mass is 79.9. The van der Waals surface area contributed by atoms with Gasteiger partial charge in [-0.1, -0.05) is 21.1 Å². The molecule has 1 aromatic carbocycles. The number of rotatable bonds is 3. The Morgan fingerprint density at radius 2 is 2.00 bits per heavy atom. The zero-order valence-corrected chi connectivity index (χ0v) is 13.6. The van der Waals surface area contributed by atoms with Crippen molar-refractivity contribution in [2.45, 2.75) is 32.9 Å². The zero-order valence-electron chi connectivity index (χ0n) is 12.0. The normalized spacial score (nSPS) is 11.2. The van der Waals surface area contributed by atoms with Crippen LogP contribution in [-0.4, -0.2) is 21.8 Å². The predicted molar refractivity (Wildman–Crippen MR) is 80.5 cm³/mol. The molecule has 0 aliphatic heterocycles. The molecular weight excluding hydrogens is 338 g/mol. The maximum atomic E-state index is 11.5. The van der Waals surface area contributed by atoms with E-state index in [1.165, 1.54) is 0 Å². The number of benzene rings is 1. The van der Waals surface area contributed by atoms with E-state index in [1.54, 1.807) is 20.8 Å². The zero-order chi connectivity index (χ0) is 15.5. The fourth-order valence-corrected chi connectivity index (χ4v) is 1.77. The summed E-state index contributed by atoms with van der Waals surface area (Å²) in [7, 11) is 0. The largest absolute Gasteiger partial charge is 0.444 e. The van der Waals surface area contributed by atoms with Gasteiger partial charge in [0, 0.05) is 10.0 Å². The van der Waals surface area contributed by atoms with Gasteiger partial charge in [-0.25, -0.2) is 4.79 Å². The van der Waals surface area contributed by atoms with Crippen molar-refractivity contribution in [2.24, 2.45) is 0 Å². The number of ether oxygens (including phenoxy) is 1. The molecule has 0 fully saturated rings. The first kappa shape index (κ1) is 15.5. The van der Waals surface area contributed by atoms with Gasteiger partial charge in [0.2, 0.25) is 11.7 Å². The Balaban J connectivity index is 1.94. The molecule has 0 saturated carbocycles. The lowest BCUT2D eigenvalue weighted by Gasteiger charge is -2.19. The van der Waals surface area contributed by atoms with E-state index < -0.39 is 11.7 Å². The number of carbonyl (C=O) groups is 1. The summed E-state index contributed by atoms with van der Waals surface area (Å²) in [5, 5.41) is 6.44. The van der Waals surface area contributed by atoms with Gasteiger partial charge in [-0.15, -0.1) is 0 Å². The molecule has 21 heavy (non-hydrogen) atoms. The van der Waals surface area contributed by atoms with Gasteiger partial charge in [0.15, 0.2) is 0 Å². The molecule has 0 unspecified atom stereocenters. The first-order valence-electron chi connectivity index (χ1n) is 6.39. The van der Waals surface area contributed by atoms with Gasteiger partial charge in [-0.2, -0.15) is 4.98 Å². The van der Waals surface area contributed by atoms with Gasteiger partial charge in [0.05, 0.1) is 0 Å². The maximum absolute atomic E-state index is 11.5. The van der Waals surface area contributed by atoms with Crippen molar-refractivity contribution in [3.05, 3.63) is 34.6 Å². The molecule has 0 aliphatic carbocycles. The highest BCUT2D eigenvalue weighted by Gasteiger charge is 2.17. The first-order chi connectivity index (χ1) is 9.83. The maximum Gasteiger partial charge on any atom is 0.408 e. The van der Waals surface area contributed by atoms with Gasteiger partial charge in [-0.05, 0) is 45.0 Å². The van der Waals surface area contributed by atoms with E-state index in [0.29, 0.717) is 11.7 Å². The fraction of sp³-hybridized carbons (Fsp3) is 0.357. The molecule has 2 aromatic rings. The number of hydrogen-bond donors (Lipinski definition) is 1. The molecule has 6 nitrogen and oxygen atoms in total. The molecule has 0 radical (unpaired) electrons. The summed E-state index contributed by atoms with van der Waals surface area (Å²) in [5.74, 6) is 0.794. The number of nitrogens with zero attached hydrogens (tertiary/aromatic N) is 2. The summed E-state index contributed by atoms with van der Waals surface area (Å²) in [4.78, 5) is 15.7. The number of hydrogen-bond acceptors (Lipinski definition) is 5. The Morgan fingerprint density at radius 3 is 2.62 bits per heavy atom. The van der Waals surface area contributed by atoms with Crippen LogP contribution in [0.25, 0.3) is 11.4 Å². The molecule has 0 bridgehead atoms. The number of halogens is 1. The Labute approximate surface area is 131 Å². The molecule has 0 saturated heterocycles. The van der Waals surface area contributed by atoms with Crippen LogP contribution in [0.15, 0.2) is 33.3 Å². The van der Waals surface area contributed by atoms with E-state index in [4.69, 9.17) is 9.26 Å². The van der Waals surface area contributed by atoms with Crippen LogP contribution in [0.2, 0.25) is 0 Å². The lowest BCUT2D eigenvalue weighted by molar-refractivity contribution is 0.0518. The molecule has 1 aromatic heterocycles. The van der Waals surface area contributed by atoms with Crippen LogP contribution >= 0.6 is 15.9 Å². The topological polar surface area (TPSA) is 77.2 Å². The van der Waals surface area contributed by atoms with Crippen LogP contribution in [-0.2, 0) is 11.3 Å². The third kappa shape index (κ3) is 4.86. The van der Waals surface area contributed by atoms with E-state index in [0.717, 1.165) is 10.0 Å². The Hall–Kier alpha value is -1.89. The summed E-state index contributed by atoms with van der Waals surface area (Å²) in [6.45, 7) is 5.51. The van der Waals surface area contributed by atoms with Gasteiger partial charge in [0.25, 0.3) is 0 Å². The van der Waals surface area contributed by atoms with E-state index >= 15 is 0 Å². The Morgan fingerprint density at radius 1 is 1.33 bits per heavy atom. The number of nitrogens with one attached hydrogen (secondary N) is 1. The monoisotopic (exact) mass is 353 g/mol. The molecule has 1 heterocycles. The van der Waals surface area contributed by atoms with E-state index in [1.807, 2.05) is 24.3 Å². The minimum atomic E-state index is -0.540. The van der Waals surface area contributed by atoms with Gasteiger partial charge >= 0.3 is 6.09 Å². The quantitative estimate of drug-likeness (QED) is 0.913. The summed E-state index contributed by atoms with van der Waals surface area (Å²) in [5.41, 5.74) is 0.298. The smallest absolute Gasteiger partial charge is 0.408 e. The minimum absolute atomic E-state index is 0.123. The third-order valence-corrected chi connectivity index (χ3v) is 2.88. The predicted octanol–water partition coefficient (Wildman–Crippen LogP) is 3.52. The standard InChI is InChI=1S/C14H16BrN3O3/c1-14(2,3)20-13(19)16-8-11-17-12(18-21-11)9-4-6-10(15)7-5-9/h4-7H,8H2,1-3H3,(H,16,19). The van der Waals surface area contributed by atoms with Crippen LogP contribution in [0.4, 0.5) is 4.79 Å². The van der Waals surface area contributed by atoms with Crippen molar-refractivity contribution in [1.82, 2.24) is 15.5 Å². The highest BCUT2D eigenvalue weighted by molar-refractivity contribution is 9.10. The molecule has 0 atom stereocenters. The second-order valence-corrected chi connectivity index (χ2v) is 6.29. The number of amides is 1. The van der Waals surface area contributed by atoms with Crippen LogP contribution in [0.1, 0.15) is 26.7 Å². The van der Waals surface area contributed by atoms with Crippen molar-refractivity contribution in [3.8, 4) is 11.4 Å². The molecular formula is C14H16BrN3O3. The number of aromatic nitrogens is 2. The molecule has 0 spiro atoms. The Bertz CT molecular complexity index is 617. The van der Waals surface area contributed by atoms with Crippen molar-refractivity contribution in [2.75, 3.05) is 0 Å². The number of alkyl carbamates (subject to hydrolysis) is 1. The molecule has 2 rings (SSSR count). The van der Waals surface area contributed by atoms with E-state index in [-0.39, 0.29) is 6.54 Å². The van der Waals surface area contributed by atoms with Crippen molar-refractivity contribution < 1.29 is 14.1 Å². The second kappa shape index (κ2) is 6.26. The molecule has 1 N–H and O–H groups in total. The highest BCUT2D eigenvalue weighted by Crippen LogP contribution is 2.18. The summed E-state index contributed by atoms with van der Waals surface area (Å²) >= 11 is 3.36. The lowest BCUT2D eigenvalue weighted by atomic mass is 10.2. The van der Waals surface area contributed by atoms with Gasteiger partial charge in [0.1, 0.15) is 12.1 Å². The molecule has 7 heteroatoms. The molecule has 0 aliphatic rings. The van der Waals surface area contributed by atoms with Crippen LogP contribution in [0.5, 0.6) is 0 Å². The second-order valence-electron chi connectivity index (χ2n) is 5.37. The lowest BCUT2D eigenvalue weighted by Crippen LogP contribution is -2.32.